The molecule has 1 saturated heterocycles. The summed E-state index contributed by atoms with van der Waals surface area (Å²) < 4.78 is 0. The van der Waals surface area contributed by atoms with E-state index in [4.69, 9.17) is 0 Å². The third-order valence-corrected chi connectivity index (χ3v) is 7.56. The van der Waals surface area contributed by atoms with Gasteiger partial charge >= 0.3 is 0 Å². The molecule has 2 aliphatic rings. The molecule has 2 aromatic rings. The number of carbonyl (C=O) groups is 3. The van der Waals surface area contributed by atoms with Gasteiger partial charge in [-0.05, 0) is 29.9 Å². The molecule has 1 aliphatic heterocycles. The molecule has 7 heteroatoms. The number of allylic oxidation sites excluding steroid dienone is 1. The second-order valence-electron chi connectivity index (χ2n) is 9.62. The van der Waals surface area contributed by atoms with Gasteiger partial charge in [0.15, 0.2) is 0 Å². The molecule has 4 rings (SSSR count). The molecule has 0 aromatic heterocycles. The summed E-state index contributed by atoms with van der Waals surface area (Å²) in [6.45, 7) is 2.05. The first kappa shape index (κ1) is 25.6. The molecule has 0 unspecified atom stereocenters. The number of likely N-dealkylation sites (tertiary alicyclic amines) is 1. The maximum Gasteiger partial charge on any atom is 0.243 e. The van der Waals surface area contributed by atoms with E-state index in [2.05, 4.69) is 10.6 Å². The van der Waals surface area contributed by atoms with Crippen LogP contribution in [0, 0.1) is 23.7 Å². The van der Waals surface area contributed by atoms with E-state index in [1.54, 1.807) is 11.9 Å². The molecule has 0 bridgehead atoms. The van der Waals surface area contributed by atoms with E-state index >= 15 is 0 Å². The van der Waals surface area contributed by atoms with Crippen molar-refractivity contribution in [2.75, 3.05) is 13.7 Å². The van der Waals surface area contributed by atoms with Gasteiger partial charge < -0.3 is 20.6 Å². The van der Waals surface area contributed by atoms with Crippen LogP contribution in [0.2, 0.25) is 0 Å². The normalized spacial score (nSPS) is 25.8. The van der Waals surface area contributed by atoms with Crippen molar-refractivity contribution in [3.8, 4) is 0 Å². The van der Waals surface area contributed by atoms with E-state index in [1.807, 2.05) is 79.7 Å². The Hall–Kier alpha value is -3.45. The van der Waals surface area contributed by atoms with Crippen molar-refractivity contribution in [2.24, 2.45) is 23.7 Å². The lowest BCUT2D eigenvalue weighted by Crippen LogP contribution is -2.52. The van der Waals surface area contributed by atoms with Crippen molar-refractivity contribution in [2.45, 2.75) is 38.4 Å². The smallest absolute Gasteiger partial charge is 0.243 e. The lowest BCUT2D eigenvalue weighted by atomic mass is 9.69. The van der Waals surface area contributed by atoms with E-state index in [0.717, 1.165) is 11.1 Å². The van der Waals surface area contributed by atoms with Crippen LogP contribution in [-0.4, -0.2) is 53.5 Å². The standard InChI is InChI=1S/C29H35N3O4/c1-3-21-14-15-23-25(24(21)27(34)30-2)29(36)32(22(18-33)16-19-10-6-4-7-11-19)26(23)28(35)31-17-20-12-8-5-9-13-20/h4-15,21-26,33H,3,16-18H2,1-2H3,(H,30,34)(H,31,35)/t21-,22-,23+,24-,25+,26+/m1/s1. The van der Waals surface area contributed by atoms with Crippen LogP contribution in [-0.2, 0) is 27.3 Å². The minimum Gasteiger partial charge on any atom is -0.394 e. The Morgan fingerprint density at radius 2 is 1.61 bits per heavy atom. The summed E-state index contributed by atoms with van der Waals surface area (Å²) in [6.07, 6.45) is 5.06. The molecule has 190 valence electrons. The zero-order valence-electron chi connectivity index (χ0n) is 20.8. The number of nitrogens with one attached hydrogen (secondary N) is 2. The van der Waals surface area contributed by atoms with Crippen molar-refractivity contribution < 1.29 is 19.5 Å². The number of rotatable bonds is 9. The van der Waals surface area contributed by atoms with Gasteiger partial charge in [0.25, 0.3) is 0 Å². The molecule has 1 fully saturated rings. The van der Waals surface area contributed by atoms with Gasteiger partial charge in [0.1, 0.15) is 6.04 Å². The quantitative estimate of drug-likeness (QED) is 0.471. The summed E-state index contributed by atoms with van der Waals surface area (Å²) >= 11 is 0. The average molecular weight is 490 g/mol. The first-order valence-electron chi connectivity index (χ1n) is 12.7. The van der Waals surface area contributed by atoms with Crippen molar-refractivity contribution in [1.29, 1.82) is 0 Å². The molecular formula is C29H35N3O4. The van der Waals surface area contributed by atoms with Gasteiger partial charge in [-0.3, -0.25) is 14.4 Å². The van der Waals surface area contributed by atoms with Gasteiger partial charge in [0.05, 0.1) is 24.5 Å². The average Bonchev–Trinajstić information content (AvgIpc) is 3.22. The summed E-state index contributed by atoms with van der Waals surface area (Å²) in [5.41, 5.74) is 1.92. The Kier molecular flexibility index (Phi) is 8.21. The van der Waals surface area contributed by atoms with Gasteiger partial charge in [0, 0.05) is 19.5 Å². The summed E-state index contributed by atoms with van der Waals surface area (Å²) in [5, 5.41) is 16.1. The maximum atomic E-state index is 14.0. The molecule has 7 nitrogen and oxygen atoms in total. The molecule has 0 radical (unpaired) electrons. The van der Waals surface area contributed by atoms with Crippen molar-refractivity contribution in [1.82, 2.24) is 15.5 Å². The largest absolute Gasteiger partial charge is 0.394 e. The Morgan fingerprint density at radius 1 is 0.972 bits per heavy atom. The van der Waals surface area contributed by atoms with Gasteiger partial charge in [-0.25, -0.2) is 0 Å². The van der Waals surface area contributed by atoms with Gasteiger partial charge in [-0.2, -0.15) is 0 Å². The predicted molar refractivity (Wildman–Crippen MR) is 137 cm³/mol. The van der Waals surface area contributed by atoms with Crippen LogP contribution < -0.4 is 10.6 Å². The topological polar surface area (TPSA) is 98.7 Å². The molecule has 0 spiro atoms. The Bertz CT molecular complexity index is 1090. The highest BCUT2D eigenvalue weighted by Crippen LogP contribution is 2.45. The zero-order chi connectivity index (χ0) is 25.7. The second kappa shape index (κ2) is 11.5. The van der Waals surface area contributed by atoms with Gasteiger partial charge in [0.2, 0.25) is 17.7 Å². The highest BCUT2D eigenvalue weighted by atomic mass is 16.3. The minimum absolute atomic E-state index is 0.0928. The first-order valence-corrected chi connectivity index (χ1v) is 12.7. The van der Waals surface area contributed by atoms with E-state index in [0.29, 0.717) is 19.4 Å². The number of hydrogen-bond acceptors (Lipinski definition) is 4. The number of hydrogen-bond donors (Lipinski definition) is 3. The zero-order valence-corrected chi connectivity index (χ0v) is 20.8. The third kappa shape index (κ3) is 5.07. The fourth-order valence-corrected chi connectivity index (χ4v) is 5.78. The number of benzene rings is 2. The molecule has 36 heavy (non-hydrogen) atoms. The molecule has 1 aliphatic carbocycles. The Labute approximate surface area is 212 Å². The lowest BCUT2D eigenvalue weighted by molar-refractivity contribution is -0.143. The first-order chi connectivity index (χ1) is 17.5. The molecular weight excluding hydrogens is 454 g/mol. The number of carbonyl (C=O) groups excluding carboxylic acids is 3. The van der Waals surface area contributed by atoms with Crippen molar-refractivity contribution >= 4 is 17.7 Å². The van der Waals surface area contributed by atoms with Crippen LogP contribution in [0.15, 0.2) is 72.8 Å². The number of nitrogens with zero attached hydrogens (tertiary/aromatic N) is 1. The van der Waals surface area contributed by atoms with Crippen molar-refractivity contribution in [3.63, 3.8) is 0 Å². The summed E-state index contributed by atoms with van der Waals surface area (Å²) in [4.78, 5) is 42.3. The van der Waals surface area contributed by atoms with Crippen LogP contribution in [0.5, 0.6) is 0 Å². The highest BCUT2D eigenvalue weighted by molar-refractivity contribution is 5.97. The summed E-state index contributed by atoms with van der Waals surface area (Å²) in [5.74, 6) is -2.48. The van der Waals surface area contributed by atoms with E-state index in [1.165, 1.54) is 0 Å². The van der Waals surface area contributed by atoms with Gasteiger partial charge in [-0.1, -0.05) is 79.7 Å². The molecule has 3 N–H and O–H groups in total. The third-order valence-electron chi connectivity index (χ3n) is 7.56. The van der Waals surface area contributed by atoms with Crippen LogP contribution in [0.1, 0.15) is 24.5 Å². The molecule has 2 aromatic carbocycles. The Balaban J connectivity index is 1.69. The van der Waals surface area contributed by atoms with Gasteiger partial charge in [-0.15, -0.1) is 0 Å². The molecule has 3 amide bonds. The Morgan fingerprint density at radius 3 is 2.19 bits per heavy atom. The predicted octanol–water partition coefficient (Wildman–Crippen LogP) is 2.31. The molecule has 0 saturated carbocycles. The summed E-state index contributed by atoms with van der Waals surface area (Å²) in [6, 6.07) is 17.8. The fraction of sp³-hybridized carbons (Fsp3) is 0.414. The van der Waals surface area contributed by atoms with Crippen molar-refractivity contribution in [3.05, 3.63) is 83.9 Å². The van der Waals surface area contributed by atoms with E-state index < -0.39 is 29.8 Å². The van der Waals surface area contributed by atoms with E-state index in [9.17, 15) is 19.5 Å². The van der Waals surface area contributed by atoms with Crippen LogP contribution >= 0.6 is 0 Å². The lowest BCUT2D eigenvalue weighted by Gasteiger charge is -2.34. The highest BCUT2D eigenvalue weighted by Gasteiger charge is 2.58. The monoisotopic (exact) mass is 489 g/mol. The van der Waals surface area contributed by atoms with Crippen LogP contribution in [0.4, 0.5) is 0 Å². The SMILES string of the molecule is CC[C@@H]1C=C[C@H]2[C@H](C(=O)N([C@@H](CO)Cc3ccccc3)[C@@H]2C(=O)NCc2ccccc2)[C@@H]1C(=O)NC. The van der Waals surface area contributed by atoms with Crippen LogP contribution in [0.25, 0.3) is 0 Å². The minimum atomic E-state index is -0.812. The number of aliphatic hydroxyl groups excluding tert-OH is 1. The number of aliphatic hydroxyl groups is 1. The molecule has 1 heterocycles. The second-order valence-corrected chi connectivity index (χ2v) is 9.62. The fourth-order valence-electron chi connectivity index (χ4n) is 5.78. The molecule has 6 atom stereocenters. The maximum absolute atomic E-state index is 14.0. The summed E-state index contributed by atoms with van der Waals surface area (Å²) in [7, 11) is 1.58. The van der Waals surface area contributed by atoms with E-state index in [-0.39, 0.29) is 30.2 Å². The number of amides is 3. The van der Waals surface area contributed by atoms with Crippen LogP contribution in [0.3, 0.4) is 0 Å². The number of fused-ring (bicyclic) bond motifs is 1.